The molecule has 0 atom stereocenters. The summed E-state index contributed by atoms with van der Waals surface area (Å²) in [5.41, 5.74) is 1.17. The average molecular weight is 501 g/mol. The summed E-state index contributed by atoms with van der Waals surface area (Å²) in [6.45, 7) is 7.74. The van der Waals surface area contributed by atoms with Crippen LogP contribution in [-0.4, -0.2) is 32.3 Å². The molecule has 0 aliphatic heterocycles. The van der Waals surface area contributed by atoms with Crippen molar-refractivity contribution >= 4 is 39.1 Å². The number of nitrogens with zero attached hydrogens (tertiary/aromatic N) is 1. The number of aromatic nitrogens is 1. The Balaban J connectivity index is 2.06. The second-order valence-electron chi connectivity index (χ2n) is 8.75. The first-order valence-corrected chi connectivity index (χ1v) is 12.2. The molecule has 34 heavy (non-hydrogen) atoms. The summed E-state index contributed by atoms with van der Waals surface area (Å²) < 4.78 is 33.4. The van der Waals surface area contributed by atoms with Gasteiger partial charge in [0.2, 0.25) is 5.78 Å². The molecule has 0 fully saturated rings. The number of ketones is 1. The zero-order chi connectivity index (χ0) is 25.3. The van der Waals surface area contributed by atoms with Crippen molar-refractivity contribution in [2.45, 2.75) is 38.0 Å². The first-order valence-electron chi connectivity index (χ1n) is 10.4. The topological polar surface area (TPSA) is 102 Å². The first-order chi connectivity index (χ1) is 15.8. The molecular weight excluding hydrogens is 476 g/mol. The third-order valence-electron chi connectivity index (χ3n) is 5.25. The summed E-state index contributed by atoms with van der Waals surface area (Å²) in [6.07, 6.45) is 1.24. The van der Waals surface area contributed by atoms with Gasteiger partial charge in [-0.25, -0.2) is 18.2 Å². The van der Waals surface area contributed by atoms with E-state index >= 15 is 0 Å². The maximum Gasteiger partial charge on any atom is 0.338 e. The Morgan fingerprint density at radius 2 is 1.71 bits per heavy atom. The highest BCUT2D eigenvalue weighted by Gasteiger charge is 2.26. The quantitative estimate of drug-likeness (QED) is 0.370. The Morgan fingerprint density at radius 1 is 1.06 bits per heavy atom. The van der Waals surface area contributed by atoms with Crippen molar-refractivity contribution < 1.29 is 22.7 Å². The van der Waals surface area contributed by atoms with E-state index < -0.39 is 21.8 Å². The van der Waals surface area contributed by atoms with E-state index in [0.29, 0.717) is 5.56 Å². The van der Waals surface area contributed by atoms with E-state index in [0.717, 1.165) is 5.56 Å². The average Bonchev–Trinajstić information content (AvgIpc) is 2.77. The fourth-order valence-corrected chi connectivity index (χ4v) is 4.62. The minimum absolute atomic E-state index is 0.0185. The number of pyridine rings is 1. The summed E-state index contributed by atoms with van der Waals surface area (Å²) in [4.78, 5) is 29.8. The van der Waals surface area contributed by atoms with Crippen molar-refractivity contribution in [1.29, 1.82) is 0 Å². The van der Waals surface area contributed by atoms with Gasteiger partial charge in [0, 0.05) is 11.8 Å². The smallest absolute Gasteiger partial charge is 0.338 e. The van der Waals surface area contributed by atoms with Gasteiger partial charge >= 0.3 is 5.97 Å². The van der Waals surface area contributed by atoms with Crippen LogP contribution in [0, 0.1) is 6.92 Å². The van der Waals surface area contributed by atoms with Gasteiger partial charge in [-0.1, -0.05) is 56.6 Å². The number of hydrogen-bond donors (Lipinski definition) is 1. The number of anilines is 1. The monoisotopic (exact) mass is 500 g/mol. The second kappa shape index (κ2) is 9.56. The molecule has 1 heterocycles. The number of benzene rings is 2. The Hall–Kier alpha value is -3.23. The molecule has 2 aromatic carbocycles. The van der Waals surface area contributed by atoms with E-state index in [1.807, 2.05) is 20.8 Å². The van der Waals surface area contributed by atoms with Gasteiger partial charge in [-0.05, 0) is 47.7 Å². The van der Waals surface area contributed by atoms with Crippen LogP contribution in [0.15, 0.2) is 59.6 Å². The van der Waals surface area contributed by atoms with Gasteiger partial charge in [-0.3, -0.25) is 9.52 Å². The van der Waals surface area contributed by atoms with Crippen molar-refractivity contribution in [2.24, 2.45) is 0 Å². The Kier molecular flexibility index (Phi) is 7.14. The van der Waals surface area contributed by atoms with Crippen LogP contribution in [0.2, 0.25) is 5.02 Å². The molecule has 3 rings (SSSR count). The minimum Gasteiger partial charge on any atom is -0.465 e. The molecule has 0 amide bonds. The number of hydrogen-bond acceptors (Lipinski definition) is 6. The fourth-order valence-electron chi connectivity index (χ4n) is 3.40. The maximum atomic E-state index is 13.5. The number of ether oxygens (including phenoxy) is 1. The van der Waals surface area contributed by atoms with Crippen LogP contribution in [0.4, 0.5) is 5.69 Å². The number of carbonyl (C=O) groups excluding carboxylic acids is 2. The van der Waals surface area contributed by atoms with Crippen LogP contribution in [0.3, 0.4) is 0 Å². The number of carbonyl (C=O) groups is 2. The third-order valence-corrected chi connectivity index (χ3v) is 6.84. The number of sulfonamides is 1. The summed E-state index contributed by atoms with van der Waals surface area (Å²) in [7, 11) is -2.85. The minimum atomic E-state index is -4.06. The van der Waals surface area contributed by atoms with Crippen molar-refractivity contribution in [3.63, 3.8) is 0 Å². The molecule has 0 aliphatic carbocycles. The number of halogens is 1. The van der Waals surface area contributed by atoms with Crippen molar-refractivity contribution in [3.05, 3.63) is 87.7 Å². The van der Waals surface area contributed by atoms with E-state index in [-0.39, 0.29) is 37.8 Å². The molecule has 0 unspecified atom stereocenters. The molecule has 3 aromatic rings. The normalized spacial score (nSPS) is 11.7. The first kappa shape index (κ1) is 25.4. The highest BCUT2D eigenvalue weighted by molar-refractivity contribution is 7.92. The number of methoxy groups -OCH3 is 1. The van der Waals surface area contributed by atoms with Gasteiger partial charge < -0.3 is 4.74 Å². The number of nitrogens with one attached hydrogen (secondary N) is 1. The molecule has 7 nitrogen and oxygen atoms in total. The largest absolute Gasteiger partial charge is 0.465 e. The standard InChI is InChI=1S/C25H25ClN2O5S/c1-15-7-6-8-19(24(30)33-5)21(15)23(29)22-20(13-17(26)14-27-22)28-34(31,32)18-11-9-16(10-12-18)25(2,3)4/h6-14,28H,1-5H3. The highest BCUT2D eigenvalue weighted by atomic mass is 35.5. The molecule has 1 aromatic heterocycles. The third kappa shape index (κ3) is 5.29. The summed E-state index contributed by atoms with van der Waals surface area (Å²) in [6, 6.07) is 12.5. The van der Waals surface area contributed by atoms with E-state index in [1.54, 1.807) is 31.2 Å². The van der Waals surface area contributed by atoms with Gasteiger partial charge in [0.25, 0.3) is 10.0 Å². The Labute approximate surface area is 204 Å². The molecule has 0 spiro atoms. The lowest BCUT2D eigenvalue weighted by molar-refractivity contribution is 0.0597. The molecule has 178 valence electrons. The molecule has 9 heteroatoms. The zero-order valence-corrected chi connectivity index (χ0v) is 21.0. The fraction of sp³-hybridized carbons (Fsp3) is 0.240. The molecular formula is C25H25ClN2O5S. The Morgan fingerprint density at radius 3 is 2.29 bits per heavy atom. The summed E-state index contributed by atoms with van der Waals surface area (Å²) in [5.74, 6) is -1.34. The van der Waals surface area contributed by atoms with Gasteiger partial charge in [-0.15, -0.1) is 0 Å². The van der Waals surface area contributed by atoms with E-state index in [2.05, 4.69) is 9.71 Å². The lowest BCUT2D eigenvalue weighted by Crippen LogP contribution is -2.19. The van der Waals surface area contributed by atoms with E-state index in [4.69, 9.17) is 16.3 Å². The summed E-state index contributed by atoms with van der Waals surface area (Å²) in [5, 5.41) is 0.135. The predicted octanol–water partition coefficient (Wildman–Crippen LogP) is 5.16. The number of aryl methyl sites for hydroxylation is 1. The van der Waals surface area contributed by atoms with Gasteiger partial charge in [0.1, 0.15) is 5.69 Å². The van der Waals surface area contributed by atoms with Crippen LogP contribution in [0.5, 0.6) is 0 Å². The van der Waals surface area contributed by atoms with Crippen molar-refractivity contribution in [3.8, 4) is 0 Å². The van der Waals surface area contributed by atoms with Gasteiger partial charge in [-0.2, -0.15) is 0 Å². The van der Waals surface area contributed by atoms with Crippen molar-refractivity contribution in [1.82, 2.24) is 4.98 Å². The highest BCUT2D eigenvalue weighted by Crippen LogP contribution is 2.28. The lowest BCUT2D eigenvalue weighted by Gasteiger charge is -2.19. The molecule has 0 bridgehead atoms. The second-order valence-corrected chi connectivity index (χ2v) is 10.9. The van der Waals surface area contributed by atoms with Crippen LogP contribution in [-0.2, 0) is 20.2 Å². The molecule has 1 N–H and O–H groups in total. The molecule has 0 saturated carbocycles. The van der Waals surface area contributed by atoms with Crippen LogP contribution >= 0.6 is 11.6 Å². The molecule has 0 radical (unpaired) electrons. The molecule has 0 saturated heterocycles. The van der Waals surface area contributed by atoms with E-state index in [1.165, 1.54) is 37.6 Å². The van der Waals surface area contributed by atoms with Gasteiger partial charge in [0.15, 0.2) is 0 Å². The Bertz CT molecular complexity index is 1360. The van der Waals surface area contributed by atoms with Crippen LogP contribution in [0.25, 0.3) is 0 Å². The SMILES string of the molecule is COC(=O)c1cccc(C)c1C(=O)c1ncc(Cl)cc1NS(=O)(=O)c1ccc(C(C)(C)C)cc1. The predicted molar refractivity (Wildman–Crippen MR) is 131 cm³/mol. The van der Waals surface area contributed by atoms with E-state index in [9.17, 15) is 18.0 Å². The van der Waals surface area contributed by atoms with Crippen LogP contribution < -0.4 is 4.72 Å². The number of rotatable bonds is 6. The maximum absolute atomic E-state index is 13.5. The number of esters is 1. The molecule has 0 aliphatic rings. The van der Waals surface area contributed by atoms with Gasteiger partial charge in [0.05, 0.1) is 28.3 Å². The van der Waals surface area contributed by atoms with Crippen molar-refractivity contribution in [2.75, 3.05) is 11.8 Å². The summed E-state index contributed by atoms with van der Waals surface area (Å²) >= 11 is 6.07. The van der Waals surface area contributed by atoms with Crippen LogP contribution in [0.1, 0.15) is 58.3 Å². The zero-order valence-electron chi connectivity index (χ0n) is 19.5. The lowest BCUT2D eigenvalue weighted by atomic mass is 9.87.